The third-order valence-corrected chi connectivity index (χ3v) is 5.82. The van der Waals surface area contributed by atoms with Crippen LogP contribution in [0.1, 0.15) is 39.0 Å². The maximum Gasteiger partial charge on any atom is 0.229 e. The molecule has 142 valence electrons. The lowest BCUT2D eigenvalue weighted by Gasteiger charge is -2.33. The molecule has 2 heterocycles. The molecule has 6 nitrogen and oxygen atoms in total. The van der Waals surface area contributed by atoms with E-state index in [2.05, 4.69) is 17.2 Å². The molecule has 4 rings (SSSR count). The highest BCUT2D eigenvalue weighted by Gasteiger charge is 2.38. The van der Waals surface area contributed by atoms with E-state index in [1.807, 2.05) is 29.2 Å². The van der Waals surface area contributed by atoms with E-state index in [9.17, 15) is 9.59 Å². The van der Waals surface area contributed by atoms with Crippen LogP contribution >= 0.6 is 0 Å². The van der Waals surface area contributed by atoms with Crippen LogP contribution in [0.3, 0.4) is 0 Å². The number of benzene rings is 1. The predicted molar refractivity (Wildman–Crippen MR) is 102 cm³/mol. The maximum absolute atomic E-state index is 12.6. The minimum atomic E-state index is -0.272. The first-order valence-corrected chi connectivity index (χ1v) is 9.69. The SMILES string of the molecule is CC1CCC(N2CC(C(=O)Nc3ccc(-c4cnco4)cc3)CC2=O)CC1. The van der Waals surface area contributed by atoms with E-state index in [1.54, 1.807) is 6.20 Å². The zero-order chi connectivity index (χ0) is 18.8. The zero-order valence-corrected chi connectivity index (χ0v) is 15.6. The predicted octanol–water partition coefficient (Wildman–Crippen LogP) is 3.71. The van der Waals surface area contributed by atoms with Gasteiger partial charge < -0.3 is 14.6 Å². The average molecular weight is 367 g/mol. The molecule has 1 atom stereocenters. The molecular weight excluding hydrogens is 342 g/mol. The van der Waals surface area contributed by atoms with Gasteiger partial charge in [0.2, 0.25) is 11.8 Å². The number of aromatic nitrogens is 1. The molecule has 2 aromatic rings. The second kappa shape index (κ2) is 7.55. The molecule has 1 saturated carbocycles. The first-order chi connectivity index (χ1) is 13.1. The van der Waals surface area contributed by atoms with Gasteiger partial charge in [-0.2, -0.15) is 0 Å². The summed E-state index contributed by atoms with van der Waals surface area (Å²) in [6.45, 7) is 2.81. The normalized spacial score (nSPS) is 25.6. The number of nitrogens with one attached hydrogen (secondary N) is 1. The van der Waals surface area contributed by atoms with Crippen LogP contribution in [-0.4, -0.2) is 34.3 Å². The first-order valence-electron chi connectivity index (χ1n) is 9.69. The molecule has 1 N–H and O–H groups in total. The van der Waals surface area contributed by atoms with Gasteiger partial charge in [-0.1, -0.05) is 6.92 Å². The minimum absolute atomic E-state index is 0.0811. The fraction of sp³-hybridized carbons (Fsp3) is 0.476. The van der Waals surface area contributed by atoms with Crippen LogP contribution in [0.2, 0.25) is 0 Å². The van der Waals surface area contributed by atoms with E-state index in [0.29, 0.717) is 24.8 Å². The molecule has 6 heteroatoms. The fourth-order valence-corrected chi connectivity index (χ4v) is 4.13. The van der Waals surface area contributed by atoms with Gasteiger partial charge in [0.05, 0.1) is 12.1 Å². The van der Waals surface area contributed by atoms with Gasteiger partial charge in [-0.15, -0.1) is 0 Å². The molecule has 1 unspecified atom stereocenters. The van der Waals surface area contributed by atoms with E-state index in [-0.39, 0.29) is 17.7 Å². The molecule has 1 aliphatic carbocycles. The number of rotatable bonds is 4. The minimum Gasteiger partial charge on any atom is -0.444 e. The van der Waals surface area contributed by atoms with Crippen LogP contribution in [-0.2, 0) is 9.59 Å². The summed E-state index contributed by atoms with van der Waals surface area (Å²) in [5, 5.41) is 2.94. The van der Waals surface area contributed by atoms with Crippen molar-refractivity contribution in [3.05, 3.63) is 36.9 Å². The number of anilines is 1. The summed E-state index contributed by atoms with van der Waals surface area (Å²) in [6, 6.07) is 7.75. The quantitative estimate of drug-likeness (QED) is 0.894. The van der Waals surface area contributed by atoms with Crippen LogP contribution in [0.4, 0.5) is 5.69 Å². The lowest BCUT2D eigenvalue weighted by molar-refractivity contribution is -0.130. The van der Waals surface area contributed by atoms with Crippen LogP contribution in [0.5, 0.6) is 0 Å². The Morgan fingerprint density at radius 2 is 1.93 bits per heavy atom. The molecule has 0 radical (unpaired) electrons. The molecule has 0 spiro atoms. The van der Waals surface area contributed by atoms with Gasteiger partial charge in [0, 0.05) is 30.3 Å². The Morgan fingerprint density at radius 3 is 2.59 bits per heavy atom. The van der Waals surface area contributed by atoms with Crippen molar-refractivity contribution in [1.29, 1.82) is 0 Å². The van der Waals surface area contributed by atoms with E-state index in [4.69, 9.17) is 4.42 Å². The van der Waals surface area contributed by atoms with Crippen LogP contribution in [0, 0.1) is 11.8 Å². The van der Waals surface area contributed by atoms with Gasteiger partial charge in [0.1, 0.15) is 0 Å². The summed E-state index contributed by atoms with van der Waals surface area (Å²) in [6.07, 6.45) is 7.81. The number of carbonyl (C=O) groups is 2. The summed E-state index contributed by atoms with van der Waals surface area (Å²) >= 11 is 0. The highest BCUT2D eigenvalue weighted by atomic mass is 16.3. The third-order valence-electron chi connectivity index (χ3n) is 5.82. The van der Waals surface area contributed by atoms with E-state index < -0.39 is 0 Å². The Bertz CT molecular complexity index is 793. The van der Waals surface area contributed by atoms with Crippen molar-refractivity contribution < 1.29 is 14.0 Å². The van der Waals surface area contributed by atoms with E-state index in [0.717, 1.165) is 30.0 Å². The smallest absolute Gasteiger partial charge is 0.229 e. The highest BCUT2D eigenvalue weighted by molar-refractivity contribution is 5.97. The summed E-state index contributed by atoms with van der Waals surface area (Å²) in [7, 11) is 0. The van der Waals surface area contributed by atoms with Gasteiger partial charge in [0.15, 0.2) is 12.2 Å². The van der Waals surface area contributed by atoms with Gasteiger partial charge >= 0.3 is 0 Å². The van der Waals surface area contributed by atoms with Crippen molar-refractivity contribution >= 4 is 17.5 Å². The third kappa shape index (κ3) is 3.89. The van der Waals surface area contributed by atoms with Crippen LogP contribution < -0.4 is 5.32 Å². The molecule has 1 aromatic carbocycles. The number of hydrogen-bond donors (Lipinski definition) is 1. The Labute approximate surface area is 159 Å². The molecular formula is C21H25N3O3. The molecule has 1 aliphatic heterocycles. The summed E-state index contributed by atoms with van der Waals surface area (Å²) in [5.41, 5.74) is 1.62. The van der Waals surface area contributed by atoms with Crippen LogP contribution in [0.15, 0.2) is 41.3 Å². The number of likely N-dealkylation sites (tertiary alicyclic amines) is 1. The maximum atomic E-state index is 12.6. The number of hydrogen-bond acceptors (Lipinski definition) is 4. The Balaban J connectivity index is 1.35. The molecule has 0 bridgehead atoms. The average Bonchev–Trinajstić information content (AvgIpc) is 3.33. The van der Waals surface area contributed by atoms with Crippen molar-refractivity contribution in [3.63, 3.8) is 0 Å². The zero-order valence-electron chi connectivity index (χ0n) is 15.6. The van der Waals surface area contributed by atoms with Crippen molar-refractivity contribution in [2.24, 2.45) is 11.8 Å². The van der Waals surface area contributed by atoms with Crippen molar-refractivity contribution in [2.75, 3.05) is 11.9 Å². The standard InChI is InChI=1S/C21H25N3O3/c1-14-2-8-18(9-3-14)24-12-16(10-20(24)25)21(26)23-17-6-4-15(5-7-17)19-11-22-13-27-19/h4-7,11,13-14,16,18H,2-3,8-10,12H2,1H3,(H,23,26). The summed E-state index contributed by atoms with van der Waals surface area (Å²) in [4.78, 5) is 30.9. The van der Waals surface area contributed by atoms with Gasteiger partial charge in [-0.05, 0) is 55.9 Å². The first kappa shape index (κ1) is 17.8. The number of carbonyl (C=O) groups excluding carboxylic acids is 2. The second-order valence-corrected chi connectivity index (χ2v) is 7.79. The second-order valence-electron chi connectivity index (χ2n) is 7.79. The Morgan fingerprint density at radius 1 is 1.19 bits per heavy atom. The van der Waals surface area contributed by atoms with Crippen molar-refractivity contribution in [2.45, 2.75) is 45.1 Å². The molecule has 1 aromatic heterocycles. The Hall–Kier alpha value is -2.63. The molecule has 1 saturated heterocycles. The van der Waals surface area contributed by atoms with Crippen molar-refractivity contribution in [3.8, 4) is 11.3 Å². The molecule has 2 aliphatic rings. The van der Waals surface area contributed by atoms with Gasteiger partial charge in [0.25, 0.3) is 0 Å². The topological polar surface area (TPSA) is 75.4 Å². The number of oxazole rings is 1. The largest absolute Gasteiger partial charge is 0.444 e. The highest BCUT2D eigenvalue weighted by Crippen LogP contribution is 2.31. The van der Waals surface area contributed by atoms with Crippen LogP contribution in [0.25, 0.3) is 11.3 Å². The monoisotopic (exact) mass is 367 g/mol. The molecule has 27 heavy (non-hydrogen) atoms. The molecule has 2 fully saturated rings. The van der Waals surface area contributed by atoms with Gasteiger partial charge in [-0.25, -0.2) is 4.98 Å². The van der Waals surface area contributed by atoms with Gasteiger partial charge in [-0.3, -0.25) is 9.59 Å². The molecule has 2 amide bonds. The number of nitrogens with zero attached hydrogens (tertiary/aromatic N) is 2. The Kier molecular flexibility index (Phi) is 4.97. The summed E-state index contributed by atoms with van der Waals surface area (Å²) in [5.74, 6) is 1.20. The fourth-order valence-electron chi connectivity index (χ4n) is 4.13. The summed E-state index contributed by atoms with van der Waals surface area (Å²) < 4.78 is 5.27. The van der Waals surface area contributed by atoms with Crippen molar-refractivity contribution in [1.82, 2.24) is 9.88 Å². The number of amides is 2. The van der Waals surface area contributed by atoms with E-state index >= 15 is 0 Å². The lowest BCUT2D eigenvalue weighted by atomic mass is 9.87. The lowest BCUT2D eigenvalue weighted by Crippen LogP contribution is -2.39. The van der Waals surface area contributed by atoms with E-state index in [1.165, 1.54) is 19.2 Å².